The van der Waals surface area contributed by atoms with Crippen molar-refractivity contribution < 1.29 is 9.18 Å². The Morgan fingerprint density at radius 3 is 2.53 bits per heavy atom. The number of rotatable bonds is 9. The number of thioether (sulfide) groups is 1. The second-order valence-electron chi connectivity index (χ2n) is 7.61. The summed E-state index contributed by atoms with van der Waals surface area (Å²) in [5, 5.41) is 0.775. The molecule has 0 radical (unpaired) electrons. The van der Waals surface area contributed by atoms with Gasteiger partial charge in [-0.2, -0.15) is 0 Å². The van der Waals surface area contributed by atoms with E-state index in [4.69, 9.17) is 4.98 Å². The molecule has 0 saturated carbocycles. The summed E-state index contributed by atoms with van der Waals surface area (Å²) in [5.74, 6) is 0.689. The lowest BCUT2D eigenvalue weighted by Gasteiger charge is -2.22. The largest absolute Gasteiger partial charge is 0.308 e. The van der Waals surface area contributed by atoms with Gasteiger partial charge >= 0.3 is 0 Å². The molecule has 1 amide bonds. The van der Waals surface area contributed by atoms with Crippen LogP contribution < -0.4 is 4.90 Å². The lowest BCUT2D eigenvalue weighted by atomic mass is 10.1. The van der Waals surface area contributed by atoms with E-state index in [2.05, 4.69) is 30.9 Å². The van der Waals surface area contributed by atoms with Crippen molar-refractivity contribution in [2.75, 3.05) is 37.8 Å². The van der Waals surface area contributed by atoms with Gasteiger partial charge in [-0.25, -0.2) is 9.37 Å². The summed E-state index contributed by atoms with van der Waals surface area (Å²) in [4.78, 5) is 22.8. The smallest absolute Gasteiger partial charge is 0.228 e. The predicted octanol–water partition coefficient (Wildman–Crippen LogP) is 5.52. The second-order valence-corrected chi connectivity index (χ2v) is 9.78. The molecule has 0 aliphatic heterocycles. The summed E-state index contributed by atoms with van der Waals surface area (Å²) < 4.78 is 14.1. The molecule has 0 atom stereocenters. The van der Waals surface area contributed by atoms with Crippen LogP contribution in [0.25, 0.3) is 10.2 Å². The summed E-state index contributed by atoms with van der Waals surface area (Å²) in [5.41, 5.74) is 3.37. The molecule has 1 aromatic heterocycles. The number of hydrogen-bond donors (Lipinski definition) is 0. The number of anilines is 1. The Morgan fingerprint density at radius 1 is 1.10 bits per heavy atom. The van der Waals surface area contributed by atoms with E-state index in [9.17, 15) is 9.18 Å². The van der Waals surface area contributed by atoms with Crippen molar-refractivity contribution >= 4 is 44.4 Å². The highest BCUT2D eigenvalue weighted by Gasteiger charge is 2.20. The Morgan fingerprint density at radius 2 is 1.83 bits per heavy atom. The molecule has 0 spiro atoms. The zero-order chi connectivity index (χ0) is 21.7. The number of hydrogen-bond acceptors (Lipinski definition) is 5. The standard InChI is InChI=1S/C23H28FN3OS2/c1-16-7-12-20-22(17(16)2)25-23(30-20)27(14-13-26(3)4)21(28)6-5-15-29-19-10-8-18(24)9-11-19/h7-12H,5-6,13-15H2,1-4H3. The van der Waals surface area contributed by atoms with Crippen LogP contribution in [-0.2, 0) is 4.79 Å². The third-order valence-corrected chi connectivity index (χ3v) is 7.14. The molecule has 0 unspecified atom stereocenters. The summed E-state index contributed by atoms with van der Waals surface area (Å²) in [6, 6.07) is 10.7. The number of aromatic nitrogens is 1. The lowest BCUT2D eigenvalue weighted by Crippen LogP contribution is -2.36. The van der Waals surface area contributed by atoms with Gasteiger partial charge in [-0.3, -0.25) is 9.69 Å². The summed E-state index contributed by atoms with van der Waals surface area (Å²) in [7, 11) is 4.02. The predicted molar refractivity (Wildman–Crippen MR) is 126 cm³/mol. The van der Waals surface area contributed by atoms with Gasteiger partial charge in [0.05, 0.1) is 10.2 Å². The number of carbonyl (C=O) groups excluding carboxylic acids is 1. The van der Waals surface area contributed by atoms with Crippen LogP contribution in [0, 0.1) is 19.7 Å². The number of halogens is 1. The highest BCUT2D eigenvalue weighted by molar-refractivity contribution is 7.99. The molecule has 0 fully saturated rings. The third kappa shape index (κ3) is 5.80. The van der Waals surface area contributed by atoms with Crippen LogP contribution >= 0.6 is 23.1 Å². The Kier molecular flexibility index (Phi) is 7.86. The van der Waals surface area contributed by atoms with Gasteiger partial charge < -0.3 is 4.90 Å². The Hall–Kier alpha value is -1.96. The first-order chi connectivity index (χ1) is 14.3. The average Bonchev–Trinajstić information content (AvgIpc) is 3.14. The van der Waals surface area contributed by atoms with Gasteiger partial charge in [-0.15, -0.1) is 11.8 Å². The van der Waals surface area contributed by atoms with E-state index in [1.165, 1.54) is 23.3 Å². The number of likely N-dealkylation sites (N-methyl/N-ethyl adjacent to an activating group) is 1. The summed E-state index contributed by atoms with van der Waals surface area (Å²) >= 11 is 3.23. The maximum atomic E-state index is 13.1. The van der Waals surface area contributed by atoms with Crippen LogP contribution in [0.2, 0.25) is 0 Å². The molecule has 0 aliphatic rings. The van der Waals surface area contributed by atoms with Gasteiger partial charge in [0.15, 0.2) is 5.13 Å². The number of benzene rings is 2. The lowest BCUT2D eigenvalue weighted by molar-refractivity contribution is -0.118. The number of nitrogens with zero attached hydrogens (tertiary/aromatic N) is 3. The topological polar surface area (TPSA) is 36.4 Å². The van der Waals surface area contributed by atoms with Crippen molar-refractivity contribution in [2.45, 2.75) is 31.6 Å². The molecule has 2 aromatic carbocycles. The van der Waals surface area contributed by atoms with E-state index >= 15 is 0 Å². The van der Waals surface area contributed by atoms with E-state index in [-0.39, 0.29) is 11.7 Å². The van der Waals surface area contributed by atoms with E-state index in [0.717, 1.165) is 39.0 Å². The SMILES string of the molecule is Cc1ccc2sc(N(CCN(C)C)C(=O)CCCSc3ccc(F)cc3)nc2c1C. The maximum absolute atomic E-state index is 13.1. The maximum Gasteiger partial charge on any atom is 0.228 e. The van der Waals surface area contributed by atoms with Crippen molar-refractivity contribution in [3.8, 4) is 0 Å². The summed E-state index contributed by atoms with van der Waals surface area (Å²) in [6.45, 7) is 5.57. The van der Waals surface area contributed by atoms with Crippen LogP contribution in [0.15, 0.2) is 41.3 Å². The zero-order valence-corrected chi connectivity index (χ0v) is 19.6. The van der Waals surface area contributed by atoms with Crippen LogP contribution in [-0.4, -0.2) is 48.7 Å². The van der Waals surface area contributed by atoms with E-state index in [0.29, 0.717) is 13.0 Å². The molecule has 0 saturated heterocycles. The van der Waals surface area contributed by atoms with Crippen LogP contribution in [0.4, 0.5) is 9.52 Å². The molecule has 160 valence electrons. The molecule has 0 N–H and O–H groups in total. The average molecular weight is 446 g/mol. The van der Waals surface area contributed by atoms with Gasteiger partial charge in [-0.1, -0.05) is 17.4 Å². The minimum absolute atomic E-state index is 0.102. The number of amides is 1. The molecule has 3 rings (SSSR count). The Bertz CT molecular complexity index is 1000. The van der Waals surface area contributed by atoms with Crippen LogP contribution in [0.1, 0.15) is 24.0 Å². The molecule has 3 aromatic rings. The highest BCUT2D eigenvalue weighted by Crippen LogP contribution is 2.32. The van der Waals surface area contributed by atoms with Gasteiger partial charge in [0.1, 0.15) is 5.82 Å². The number of aryl methyl sites for hydroxylation is 2. The van der Waals surface area contributed by atoms with E-state index in [1.54, 1.807) is 35.2 Å². The minimum atomic E-state index is -0.229. The summed E-state index contributed by atoms with van der Waals surface area (Å²) in [6.07, 6.45) is 1.23. The molecule has 1 heterocycles. The first kappa shape index (κ1) is 22.7. The van der Waals surface area contributed by atoms with Crippen LogP contribution in [0.5, 0.6) is 0 Å². The fraction of sp³-hybridized carbons (Fsp3) is 0.391. The number of fused-ring (bicyclic) bond motifs is 1. The van der Waals surface area contributed by atoms with Gasteiger partial charge in [0.25, 0.3) is 0 Å². The Labute approximate surface area is 186 Å². The van der Waals surface area contributed by atoms with Crippen molar-refractivity contribution in [3.05, 3.63) is 53.3 Å². The molecule has 4 nitrogen and oxygen atoms in total. The molecular weight excluding hydrogens is 417 g/mol. The van der Waals surface area contributed by atoms with Gasteiger partial charge in [-0.05, 0) is 81.6 Å². The van der Waals surface area contributed by atoms with Crippen molar-refractivity contribution in [1.82, 2.24) is 9.88 Å². The van der Waals surface area contributed by atoms with Gasteiger partial charge in [0.2, 0.25) is 5.91 Å². The molecule has 30 heavy (non-hydrogen) atoms. The van der Waals surface area contributed by atoms with E-state index < -0.39 is 0 Å². The normalized spacial score (nSPS) is 11.4. The monoisotopic (exact) mass is 445 g/mol. The fourth-order valence-electron chi connectivity index (χ4n) is 3.04. The second kappa shape index (κ2) is 10.4. The zero-order valence-electron chi connectivity index (χ0n) is 17.9. The van der Waals surface area contributed by atoms with Gasteiger partial charge in [0, 0.05) is 24.4 Å². The van der Waals surface area contributed by atoms with Crippen molar-refractivity contribution in [3.63, 3.8) is 0 Å². The van der Waals surface area contributed by atoms with Crippen LogP contribution in [0.3, 0.4) is 0 Å². The first-order valence-electron chi connectivity index (χ1n) is 10.1. The van der Waals surface area contributed by atoms with Crippen molar-refractivity contribution in [2.24, 2.45) is 0 Å². The number of thiazole rings is 1. The number of carbonyl (C=O) groups is 1. The van der Waals surface area contributed by atoms with E-state index in [1.807, 2.05) is 19.0 Å². The fourth-order valence-corrected chi connectivity index (χ4v) is 4.96. The highest BCUT2D eigenvalue weighted by atomic mass is 32.2. The molecule has 0 bridgehead atoms. The first-order valence-corrected chi connectivity index (χ1v) is 11.9. The molecular formula is C23H28FN3OS2. The molecule has 0 aliphatic carbocycles. The molecule has 7 heteroatoms. The minimum Gasteiger partial charge on any atom is -0.308 e. The Balaban J connectivity index is 1.67. The quantitative estimate of drug-likeness (QED) is 0.321. The third-order valence-electron chi connectivity index (χ3n) is 4.99. The van der Waals surface area contributed by atoms with Crippen molar-refractivity contribution in [1.29, 1.82) is 0 Å².